The molecule has 1 rings (SSSR count). The average molecular weight is 281 g/mol. The first-order chi connectivity index (χ1) is 9.62. The van der Waals surface area contributed by atoms with E-state index in [2.05, 4.69) is 10.5 Å². The van der Waals surface area contributed by atoms with Crippen LogP contribution in [-0.2, 0) is 0 Å². The number of carbonyl (C=O) groups excluding carboxylic acids is 1. The summed E-state index contributed by atoms with van der Waals surface area (Å²) in [7, 11) is 3.03. The minimum absolute atomic E-state index is 0.140. The van der Waals surface area contributed by atoms with Crippen molar-refractivity contribution < 1.29 is 19.5 Å². The minimum Gasteiger partial charge on any atom is -0.497 e. The molecule has 0 fully saturated rings. The molecule has 0 bridgehead atoms. The molecule has 110 valence electrons. The Labute approximate surface area is 117 Å². The van der Waals surface area contributed by atoms with Crippen LogP contribution in [0.5, 0.6) is 11.5 Å². The molecule has 0 heterocycles. The number of amides is 1. The molecule has 0 unspecified atom stereocenters. The fourth-order valence-electron chi connectivity index (χ4n) is 1.60. The number of amidine groups is 1. The summed E-state index contributed by atoms with van der Waals surface area (Å²) in [5.74, 6) is 0.953. The minimum atomic E-state index is -0.246. The van der Waals surface area contributed by atoms with Crippen molar-refractivity contribution in [3.05, 3.63) is 23.8 Å². The first-order valence-electron chi connectivity index (χ1n) is 6.09. The molecule has 0 atom stereocenters. The molecule has 20 heavy (non-hydrogen) atoms. The SMILES string of the molecule is COc1ccc(C(=O)NCCCC(N)=NO)c(OC)c1. The molecular formula is C13H19N3O4. The topological polar surface area (TPSA) is 106 Å². The Kier molecular flexibility index (Phi) is 6.15. The van der Waals surface area contributed by atoms with Crippen LogP contribution in [0.2, 0.25) is 0 Å². The third-order valence-electron chi connectivity index (χ3n) is 2.68. The summed E-state index contributed by atoms with van der Waals surface area (Å²) in [5, 5.41) is 14.0. The van der Waals surface area contributed by atoms with E-state index >= 15 is 0 Å². The summed E-state index contributed by atoms with van der Waals surface area (Å²) in [6.07, 6.45) is 0.997. The van der Waals surface area contributed by atoms with E-state index in [1.54, 1.807) is 25.3 Å². The van der Waals surface area contributed by atoms with Gasteiger partial charge in [-0.2, -0.15) is 0 Å². The molecule has 7 nitrogen and oxygen atoms in total. The Bertz CT molecular complexity index is 489. The fourth-order valence-corrected chi connectivity index (χ4v) is 1.60. The summed E-state index contributed by atoms with van der Waals surface area (Å²) in [6, 6.07) is 4.97. The number of oxime groups is 1. The van der Waals surface area contributed by atoms with E-state index < -0.39 is 0 Å². The van der Waals surface area contributed by atoms with Crippen LogP contribution in [0.1, 0.15) is 23.2 Å². The Balaban J connectivity index is 2.59. The molecule has 1 aromatic carbocycles. The third kappa shape index (κ3) is 4.34. The highest BCUT2D eigenvalue weighted by molar-refractivity contribution is 5.97. The largest absolute Gasteiger partial charge is 0.497 e. The second-order valence-corrected chi connectivity index (χ2v) is 4.02. The van der Waals surface area contributed by atoms with Gasteiger partial charge in [0.05, 0.1) is 19.8 Å². The molecule has 1 aromatic rings. The Morgan fingerprint density at radius 1 is 1.40 bits per heavy atom. The number of ether oxygens (including phenoxy) is 2. The van der Waals surface area contributed by atoms with Crippen molar-refractivity contribution in [3.8, 4) is 11.5 Å². The van der Waals surface area contributed by atoms with Gasteiger partial charge in [-0.25, -0.2) is 0 Å². The van der Waals surface area contributed by atoms with E-state index in [0.29, 0.717) is 36.4 Å². The maximum atomic E-state index is 12.0. The normalized spacial score (nSPS) is 11.0. The molecule has 0 saturated heterocycles. The summed E-state index contributed by atoms with van der Waals surface area (Å²) in [6.45, 7) is 0.421. The van der Waals surface area contributed by atoms with E-state index in [-0.39, 0.29) is 11.7 Å². The van der Waals surface area contributed by atoms with Crippen LogP contribution in [0.15, 0.2) is 23.4 Å². The molecule has 0 aliphatic carbocycles. The first kappa shape index (κ1) is 15.6. The van der Waals surface area contributed by atoms with Crippen LogP contribution in [0.3, 0.4) is 0 Å². The molecule has 0 aromatic heterocycles. The van der Waals surface area contributed by atoms with Gasteiger partial charge in [0.25, 0.3) is 5.91 Å². The average Bonchev–Trinajstić information content (AvgIpc) is 2.50. The molecule has 0 spiro atoms. The van der Waals surface area contributed by atoms with Crippen LogP contribution >= 0.6 is 0 Å². The van der Waals surface area contributed by atoms with Crippen LogP contribution in [0.25, 0.3) is 0 Å². The lowest BCUT2D eigenvalue weighted by molar-refractivity contribution is 0.0950. The van der Waals surface area contributed by atoms with Crippen molar-refractivity contribution >= 4 is 11.7 Å². The quantitative estimate of drug-likeness (QED) is 0.227. The summed E-state index contributed by atoms with van der Waals surface area (Å²) in [5.41, 5.74) is 5.76. The summed E-state index contributed by atoms with van der Waals surface area (Å²) >= 11 is 0. The van der Waals surface area contributed by atoms with Crippen molar-refractivity contribution in [2.45, 2.75) is 12.8 Å². The van der Waals surface area contributed by atoms with Crippen LogP contribution in [0.4, 0.5) is 0 Å². The van der Waals surface area contributed by atoms with E-state index in [9.17, 15) is 4.79 Å². The van der Waals surface area contributed by atoms with Gasteiger partial charge in [-0.15, -0.1) is 0 Å². The number of hydrogen-bond acceptors (Lipinski definition) is 5. The molecule has 7 heteroatoms. The predicted molar refractivity (Wildman–Crippen MR) is 74.5 cm³/mol. The number of hydrogen-bond donors (Lipinski definition) is 3. The van der Waals surface area contributed by atoms with Crippen molar-refractivity contribution in [2.75, 3.05) is 20.8 Å². The Morgan fingerprint density at radius 2 is 2.15 bits per heavy atom. The zero-order valence-electron chi connectivity index (χ0n) is 11.5. The molecule has 0 aliphatic rings. The van der Waals surface area contributed by atoms with E-state index in [1.165, 1.54) is 7.11 Å². The van der Waals surface area contributed by atoms with E-state index in [4.69, 9.17) is 20.4 Å². The Morgan fingerprint density at radius 3 is 2.75 bits per heavy atom. The maximum Gasteiger partial charge on any atom is 0.255 e. The molecule has 0 radical (unpaired) electrons. The van der Waals surface area contributed by atoms with Crippen LogP contribution in [-0.4, -0.2) is 37.7 Å². The molecule has 1 amide bonds. The molecule has 0 aliphatic heterocycles. The van der Waals surface area contributed by atoms with Crippen LogP contribution < -0.4 is 20.5 Å². The number of methoxy groups -OCH3 is 2. The zero-order chi connectivity index (χ0) is 15.0. The lowest BCUT2D eigenvalue weighted by atomic mass is 10.1. The van der Waals surface area contributed by atoms with Gasteiger partial charge in [0, 0.05) is 19.0 Å². The number of benzene rings is 1. The summed E-state index contributed by atoms with van der Waals surface area (Å²) < 4.78 is 10.2. The van der Waals surface area contributed by atoms with Gasteiger partial charge in [0.15, 0.2) is 0 Å². The van der Waals surface area contributed by atoms with E-state index in [0.717, 1.165) is 0 Å². The highest BCUT2D eigenvalue weighted by Gasteiger charge is 2.12. The predicted octanol–water partition coefficient (Wildman–Crippen LogP) is 0.960. The van der Waals surface area contributed by atoms with Gasteiger partial charge in [-0.1, -0.05) is 5.16 Å². The standard InChI is InChI=1S/C13H19N3O4/c1-19-9-5-6-10(11(8-9)20-2)13(17)15-7-3-4-12(14)16-18/h5-6,8,18H,3-4,7H2,1-2H3,(H2,14,16)(H,15,17). The number of nitrogens with two attached hydrogens (primary N) is 1. The number of nitrogens with zero attached hydrogens (tertiary/aromatic N) is 1. The van der Waals surface area contributed by atoms with E-state index in [1.807, 2.05) is 0 Å². The first-order valence-corrected chi connectivity index (χ1v) is 6.09. The van der Waals surface area contributed by atoms with Crippen molar-refractivity contribution in [1.29, 1.82) is 0 Å². The smallest absolute Gasteiger partial charge is 0.255 e. The fraction of sp³-hybridized carbons (Fsp3) is 0.385. The van der Waals surface area contributed by atoms with Crippen molar-refractivity contribution in [1.82, 2.24) is 5.32 Å². The van der Waals surface area contributed by atoms with Gasteiger partial charge in [-0.05, 0) is 18.6 Å². The van der Waals surface area contributed by atoms with Crippen LogP contribution in [0, 0.1) is 0 Å². The lowest BCUT2D eigenvalue weighted by Gasteiger charge is -2.10. The zero-order valence-corrected chi connectivity index (χ0v) is 11.5. The second kappa shape index (κ2) is 7.88. The van der Waals surface area contributed by atoms with Gasteiger partial charge in [-0.3, -0.25) is 4.79 Å². The van der Waals surface area contributed by atoms with Gasteiger partial charge < -0.3 is 25.7 Å². The van der Waals surface area contributed by atoms with Gasteiger partial charge in [0.2, 0.25) is 0 Å². The summed E-state index contributed by atoms with van der Waals surface area (Å²) in [4.78, 5) is 12.0. The lowest BCUT2D eigenvalue weighted by Crippen LogP contribution is -2.26. The number of carbonyl (C=O) groups is 1. The number of nitrogens with one attached hydrogen (secondary N) is 1. The highest BCUT2D eigenvalue weighted by Crippen LogP contribution is 2.24. The molecule has 0 saturated carbocycles. The van der Waals surface area contributed by atoms with Crippen molar-refractivity contribution in [3.63, 3.8) is 0 Å². The number of rotatable bonds is 7. The maximum absolute atomic E-state index is 12.0. The monoisotopic (exact) mass is 281 g/mol. The molecular weight excluding hydrogens is 262 g/mol. The van der Waals surface area contributed by atoms with Gasteiger partial charge >= 0.3 is 0 Å². The van der Waals surface area contributed by atoms with Gasteiger partial charge in [0.1, 0.15) is 17.3 Å². The van der Waals surface area contributed by atoms with Crippen molar-refractivity contribution in [2.24, 2.45) is 10.9 Å². The highest BCUT2D eigenvalue weighted by atomic mass is 16.5. The second-order valence-electron chi connectivity index (χ2n) is 4.02. The third-order valence-corrected chi connectivity index (χ3v) is 2.68. The Hall–Kier alpha value is -2.44. The molecule has 4 N–H and O–H groups in total.